The maximum absolute atomic E-state index is 12.0. The Morgan fingerprint density at radius 2 is 1.97 bits per heavy atom. The van der Waals surface area contributed by atoms with Crippen LogP contribution in [-0.2, 0) is 9.59 Å². The van der Waals surface area contributed by atoms with E-state index in [1.165, 1.54) is 32.0 Å². The van der Waals surface area contributed by atoms with Crippen molar-refractivity contribution in [2.75, 3.05) is 12.5 Å². The number of alkyl halides is 1. The zero-order valence-electron chi connectivity index (χ0n) is 15.9. The van der Waals surface area contributed by atoms with Crippen molar-refractivity contribution < 1.29 is 29.5 Å². The molecule has 1 heterocycles. The van der Waals surface area contributed by atoms with Gasteiger partial charge in [0.1, 0.15) is 11.7 Å². The molecule has 1 aliphatic rings. The van der Waals surface area contributed by atoms with Gasteiger partial charge in [-0.25, -0.2) is 4.79 Å². The maximum Gasteiger partial charge on any atom is 0.334 e. The van der Waals surface area contributed by atoms with Crippen LogP contribution in [0.15, 0.2) is 34.5 Å². The van der Waals surface area contributed by atoms with Gasteiger partial charge in [0.25, 0.3) is 5.69 Å². The summed E-state index contributed by atoms with van der Waals surface area (Å²) in [4.78, 5) is 38.7. The number of aliphatic carboxylic acids is 2. The lowest BCUT2D eigenvalue weighted by molar-refractivity contribution is -0.385. The van der Waals surface area contributed by atoms with Crippen LogP contribution in [0.5, 0.6) is 5.75 Å². The first kappa shape index (κ1) is 22.4. The van der Waals surface area contributed by atoms with E-state index in [0.717, 1.165) is 0 Å². The molecule has 0 saturated heterocycles. The minimum Gasteiger partial charge on any atom is -0.493 e. The first-order valence-corrected chi connectivity index (χ1v) is 9.41. The van der Waals surface area contributed by atoms with E-state index in [2.05, 4.69) is 4.99 Å². The highest BCUT2D eigenvalue weighted by molar-refractivity contribution is 6.17. The summed E-state index contributed by atoms with van der Waals surface area (Å²) in [5.74, 6) is -4.46. The number of halogens is 1. The van der Waals surface area contributed by atoms with Gasteiger partial charge in [-0.3, -0.25) is 19.9 Å². The third-order valence-corrected chi connectivity index (χ3v) is 4.92. The number of non-ortho nitro benzene ring substituents is 1. The number of allylic oxidation sites excluding steroid dienone is 1. The van der Waals surface area contributed by atoms with Crippen LogP contribution in [0.4, 0.5) is 5.69 Å². The Hall–Kier alpha value is -2.94. The molecule has 0 aromatic heterocycles. The van der Waals surface area contributed by atoms with E-state index in [-0.39, 0.29) is 40.6 Å². The van der Waals surface area contributed by atoms with Crippen LogP contribution in [0.1, 0.15) is 38.2 Å². The van der Waals surface area contributed by atoms with Gasteiger partial charge < -0.3 is 14.9 Å². The molecule has 0 spiro atoms. The lowest BCUT2D eigenvalue weighted by Crippen LogP contribution is -2.35. The molecule has 0 bridgehead atoms. The summed E-state index contributed by atoms with van der Waals surface area (Å²) in [6.45, 7) is 3.21. The second kappa shape index (κ2) is 9.51. The van der Waals surface area contributed by atoms with E-state index < -0.39 is 28.7 Å². The number of carboxylic acids is 2. The molecule has 0 aliphatic carbocycles. The predicted octanol–water partition coefficient (Wildman–Crippen LogP) is 3.61. The number of ether oxygens (including phenoxy) is 1. The van der Waals surface area contributed by atoms with E-state index in [4.69, 9.17) is 16.3 Å². The third-order valence-electron chi connectivity index (χ3n) is 4.65. The molecular formula is C19H21ClN2O7. The van der Waals surface area contributed by atoms with Crippen LogP contribution in [0, 0.1) is 16.0 Å². The lowest BCUT2D eigenvalue weighted by Gasteiger charge is -2.30. The van der Waals surface area contributed by atoms with Gasteiger partial charge in [0.15, 0.2) is 0 Å². The Morgan fingerprint density at radius 3 is 2.52 bits per heavy atom. The van der Waals surface area contributed by atoms with E-state index in [0.29, 0.717) is 18.7 Å². The average molecular weight is 425 g/mol. The molecule has 10 heteroatoms. The van der Waals surface area contributed by atoms with E-state index in [1.807, 2.05) is 0 Å². The van der Waals surface area contributed by atoms with Gasteiger partial charge >= 0.3 is 11.9 Å². The summed E-state index contributed by atoms with van der Waals surface area (Å²) >= 11 is 5.65. The summed E-state index contributed by atoms with van der Waals surface area (Å²) in [6, 6.07) is 3.77. The van der Waals surface area contributed by atoms with Crippen LogP contribution in [0.3, 0.4) is 0 Å². The highest BCUT2D eigenvalue weighted by atomic mass is 35.5. The molecular weight excluding hydrogens is 404 g/mol. The summed E-state index contributed by atoms with van der Waals surface area (Å²) in [7, 11) is 0. The van der Waals surface area contributed by atoms with Gasteiger partial charge in [0.2, 0.25) is 0 Å². The average Bonchev–Trinajstić information content (AvgIpc) is 2.63. The number of nitrogens with zero attached hydrogens (tertiary/aromatic N) is 2. The number of nitro groups is 1. The Kier molecular flexibility index (Phi) is 7.33. The molecule has 2 N–H and O–H groups in total. The largest absolute Gasteiger partial charge is 0.493 e. The molecule has 156 valence electrons. The van der Waals surface area contributed by atoms with E-state index >= 15 is 0 Å². The van der Waals surface area contributed by atoms with Crippen LogP contribution < -0.4 is 4.74 Å². The number of aliphatic imine (C=N–C) groups is 1. The minimum atomic E-state index is -1.34. The number of hydrogen-bond acceptors (Lipinski definition) is 6. The van der Waals surface area contributed by atoms with Gasteiger partial charge in [-0.2, -0.15) is 0 Å². The smallest absolute Gasteiger partial charge is 0.334 e. The van der Waals surface area contributed by atoms with Crippen LogP contribution in [0.25, 0.3) is 0 Å². The fourth-order valence-electron chi connectivity index (χ4n) is 3.37. The van der Waals surface area contributed by atoms with Crippen molar-refractivity contribution in [1.29, 1.82) is 0 Å². The van der Waals surface area contributed by atoms with Crippen molar-refractivity contribution in [3.63, 3.8) is 0 Å². The molecule has 0 radical (unpaired) electrons. The molecule has 0 amide bonds. The van der Waals surface area contributed by atoms with Crippen LogP contribution in [-0.4, -0.2) is 45.3 Å². The zero-order valence-corrected chi connectivity index (χ0v) is 16.7. The number of benzene rings is 1. The topological polar surface area (TPSA) is 139 Å². The van der Waals surface area contributed by atoms with Crippen molar-refractivity contribution >= 4 is 34.9 Å². The first-order valence-electron chi connectivity index (χ1n) is 8.88. The minimum absolute atomic E-state index is 0.128. The molecule has 1 aromatic rings. The normalized spacial score (nSPS) is 18.9. The highest BCUT2D eigenvalue weighted by Crippen LogP contribution is 2.44. The third kappa shape index (κ3) is 4.92. The fourth-order valence-corrected chi connectivity index (χ4v) is 3.56. The molecule has 29 heavy (non-hydrogen) atoms. The van der Waals surface area contributed by atoms with Crippen molar-refractivity contribution in [2.45, 2.75) is 32.6 Å². The second-order valence-corrected chi connectivity index (χ2v) is 6.95. The van der Waals surface area contributed by atoms with Crippen LogP contribution >= 0.6 is 11.6 Å². The molecule has 2 unspecified atom stereocenters. The molecule has 1 aliphatic heterocycles. The standard InChI is InChI=1S/C19H21ClN2O7/c1-10-15(18(23)24)17(16(19(25)26)11(2)21-10)13-9-12(22(27)28)5-6-14(13)29-8-4-3-7-20/h5-6,9,15,17H,3-4,7-8H2,1-2H3,(H,23,24)(H,25,26). The van der Waals surface area contributed by atoms with Crippen molar-refractivity contribution in [3.8, 4) is 5.75 Å². The van der Waals surface area contributed by atoms with Crippen molar-refractivity contribution in [3.05, 3.63) is 45.1 Å². The lowest BCUT2D eigenvalue weighted by atomic mass is 9.75. The summed E-state index contributed by atoms with van der Waals surface area (Å²) in [5.41, 5.74) is -0.0286. The molecule has 2 rings (SSSR count). The Morgan fingerprint density at radius 1 is 1.28 bits per heavy atom. The number of rotatable bonds is 9. The molecule has 2 atom stereocenters. The Bertz CT molecular complexity index is 895. The van der Waals surface area contributed by atoms with Crippen molar-refractivity contribution in [2.24, 2.45) is 10.9 Å². The number of hydrogen-bond donors (Lipinski definition) is 2. The zero-order chi connectivity index (χ0) is 21.7. The highest BCUT2D eigenvalue weighted by Gasteiger charge is 2.42. The van der Waals surface area contributed by atoms with Gasteiger partial charge in [-0.15, -0.1) is 11.6 Å². The monoisotopic (exact) mass is 424 g/mol. The second-order valence-electron chi connectivity index (χ2n) is 6.57. The number of nitro benzene ring substituents is 1. The number of unbranched alkanes of at least 4 members (excludes halogenated alkanes) is 1. The maximum atomic E-state index is 12.0. The molecule has 0 fully saturated rings. The summed E-state index contributed by atoms with van der Waals surface area (Å²) in [5, 5.41) is 30.8. The van der Waals surface area contributed by atoms with E-state index in [9.17, 15) is 29.9 Å². The summed E-state index contributed by atoms with van der Waals surface area (Å²) < 4.78 is 5.72. The number of carboxylic acid groups (broad SMARTS) is 2. The SMILES string of the molecule is CC1=NC(C)=C(C(=O)O)C(c2cc([N+](=O)[O-])ccc2OCCCCCl)C1C(=O)O. The predicted molar refractivity (Wildman–Crippen MR) is 106 cm³/mol. The Balaban J connectivity index is 2.66. The quantitative estimate of drug-likeness (QED) is 0.267. The molecule has 0 saturated carbocycles. The fraction of sp³-hybridized carbons (Fsp3) is 0.421. The van der Waals surface area contributed by atoms with Crippen molar-refractivity contribution in [1.82, 2.24) is 0 Å². The molecule has 1 aromatic carbocycles. The van der Waals surface area contributed by atoms with Gasteiger partial charge in [-0.1, -0.05) is 0 Å². The summed E-state index contributed by atoms with van der Waals surface area (Å²) in [6.07, 6.45) is 1.31. The van der Waals surface area contributed by atoms with E-state index in [1.54, 1.807) is 0 Å². The Labute approximate surface area is 171 Å². The van der Waals surface area contributed by atoms with Crippen LogP contribution in [0.2, 0.25) is 0 Å². The first-order chi connectivity index (χ1) is 13.7. The number of carbonyl (C=O) groups is 2. The van der Waals surface area contributed by atoms with Gasteiger partial charge in [0.05, 0.1) is 17.1 Å². The van der Waals surface area contributed by atoms with Gasteiger partial charge in [-0.05, 0) is 32.8 Å². The molecule has 9 nitrogen and oxygen atoms in total. The van der Waals surface area contributed by atoms with Gasteiger partial charge in [0, 0.05) is 40.9 Å².